The van der Waals surface area contributed by atoms with Crippen molar-refractivity contribution in [3.63, 3.8) is 0 Å². The van der Waals surface area contributed by atoms with Gasteiger partial charge in [0.1, 0.15) is 5.82 Å². The highest BCUT2D eigenvalue weighted by atomic mass is 35.5. The van der Waals surface area contributed by atoms with Gasteiger partial charge in [-0.2, -0.15) is 0 Å². The van der Waals surface area contributed by atoms with E-state index in [2.05, 4.69) is 29.2 Å². The van der Waals surface area contributed by atoms with Gasteiger partial charge in [-0.15, -0.1) is 12.4 Å². The lowest BCUT2D eigenvalue weighted by molar-refractivity contribution is 0.0696. The van der Waals surface area contributed by atoms with Crippen LogP contribution in [0.1, 0.15) is 75.0 Å². The maximum atomic E-state index is 14.7. The Morgan fingerprint density at radius 3 is 2.38 bits per heavy atom. The molecule has 2 aliphatic carbocycles. The van der Waals surface area contributed by atoms with Crippen LogP contribution in [0.3, 0.4) is 0 Å². The molecule has 0 spiro atoms. The lowest BCUT2D eigenvalue weighted by Crippen LogP contribution is -2.47. The lowest BCUT2D eigenvalue weighted by Gasteiger charge is -2.39. The van der Waals surface area contributed by atoms with E-state index in [9.17, 15) is 18.7 Å². The van der Waals surface area contributed by atoms with Crippen LogP contribution in [0.2, 0.25) is 0 Å². The van der Waals surface area contributed by atoms with Crippen LogP contribution in [-0.4, -0.2) is 42.3 Å². The summed E-state index contributed by atoms with van der Waals surface area (Å²) in [5.41, 5.74) is 10.4. The molecule has 0 radical (unpaired) electrons. The lowest BCUT2D eigenvalue weighted by atomic mass is 9.84. The Hall–Kier alpha value is -3.02. The predicted octanol–water partition coefficient (Wildman–Crippen LogP) is 7.56. The van der Waals surface area contributed by atoms with Crippen LogP contribution >= 0.6 is 12.4 Å². The number of carbonyl (C=O) groups is 1. The van der Waals surface area contributed by atoms with Gasteiger partial charge < -0.3 is 10.0 Å². The number of hydrogen-bond donors (Lipinski definition) is 1. The number of hydrogen-bond acceptors (Lipinski definition) is 2. The quantitative estimate of drug-likeness (QED) is 0.307. The molecular formula is C34H36ClF2NO2. The van der Waals surface area contributed by atoms with Crippen molar-refractivity contribution >= 4 is 29.5 Å². The molecule has 3 aliphatic rings. The third-order valence-corrected chi connectivity index (χ3v) is 8.76. The van der Waals surface area contributed by atoms with Crippen LogP contribution in [-0.2, 0) is 25.7 Å². The second kappa shape index (κ2) is 12.2. The Labute approximate surface area is 241 Å². The highest BCUT2D eigenvalue weighted by molar-refractivity contribution is 6.01. The maximum absolute atomic E-state index is 14.7. The van der Waals surface area contributed by atoms with E-state index in [1.807, 2.05) is 18.2 Å². The molecule has 0 atom stereocenters. The van der Waals surface area contributed by atoms with Crippen molar-refractivity contribution in [2.45, 2.75) is 51.4 Å². The predicted molar refractivity (Wildman–Crippen MR) is 159 cm³/mol. The van der Waals surface area contributed by atoms with Gasteiger partial charge in [0.2, 0.25) is 0 Å². The first-order valence-corrected chi connectivity index (χ1v) is 14.3. The summed E-state index contributed by atoms with van der Waals surface area (Å²) in [6.45, 7) is 2.67. The summed E-state index contributed by atoms with van der Waals surface area (Å²) in [6, 6.07) is 17.9. The van der Waals surface area contributed by atoms with Crippen LogP contribution in [0.25, 0.3) is 11.1 Å². The standard InChI is InChI=1S/C34H35F2NO2.ClH/c35-16-3-17-37-20-23(21-37)18-22-8-10-24(11-9-22)33-27-13-12-26(34(38)39)19-25(27)4-1-7-31(33)29-14-15-32(36)30-6-2-5-28(29)30;/h8-15,19,23H,1-7,16-18,20-21H2,(H,38,39);1H. The topological polar surface area (TPSA) is 40.5 Å². The normalized spacial score (nSPS) is 17.1. The molecule has 1 N–H and O–H groups in total. The monoisotopic (exact) mass is 563 g/mol. The molecule has 0 aromatic heterocycles. The Bertz CT molecular complexity index is 1430. The van der Waals surface area contributed by atoms with Crippen LogP contribution < -0.4 is 0 Å². The first-order valence-electron chi connectivity index (χ1n) is 14.3. The number of allylic oxidation sites excluding steroid dienone is 1. The Morgan fingerprint density at radius 1 is 0.900 bits per heavy atom. The summed E-state index contributed by atoms with van der Waals surface area (Å²) in [5, 5.41) is 9.62. The van der Waals surface area contributed by atoms with E-state index in [0.29, 0.717) is 17.9 Å². The molecule has 0 unspecified atom stereocenters. The van der Waals surface area contributed by atoms with Crippen LogP contribution in [0, 0.1) is 11.7 Å². The van der Waals surface area contributed by atoms with Gasteiger partial charge in [0, 0.05) is 19.6 Å². The van der Waals surface area contributed by atoms with Crippen LogP contribution in [0.5, 0.6) is 0 Å². The Kier molecular flexibility index (Phi) is 8.72. The van der Waals surface area contributed by atoms with Crippen molar-refractivity contribution in [1.82, 2.24) is 4.90 Å². The van der Waals surface area contributed by atoms with Crippen molar-refractivity contribution < 1.29 is 18.7 Å². The fraction of sp³-hybridized carbons (Fsp3) is 0.382. The molecule has 1 aliphatic heterocycles. The molecule has 6 heteroatoms. The number of rotatable bonds is 8. The summed E-state index contributed by atoms with van der Waals surface area (Å²) >= 11 is 0. The van der Waals surface area contributed by atoms with Gasteiger partial charge in [0.05, 0.1) is 12.2 Å². The van der Waals surface area contributed by atoms with Crippen molar-refractivity contribution in [2.75, 3.05) is 26.3 Å². The average Bonchev–Trinajstić information content (AvgIpc) is 3.34. The number of halogens is 3. The first kappa shape index (κ1) is 28.5. The van der Waals surface area contributed by atoms with Crippen LogP contribution in [0.15, 0.2) is 54.6 Å². The fourth-order valence-electron chi connectivity index (χ4n) is 6.88. The second-order valence-electron chi connectivity index (χ2n) is 11.4. The molecule has 1 fully saturated rings. The summed E-state index contributed by atoms with van der Waals surface area (Å²) in [5.74, 6) is -0.398. The summed E-state index contributed by atoms with van der Waals surface area (Å²) in [7, 11) is 0. The van der Waals surface area contributed by atoms with E-state index in [1.165, 1.54) is 11.1 Å². The van der Waals surface area contributed by atoms with Gasteiger partial charge in [-0.05, 0) is 126 Å². The Balaban J connectivity index is 0.00000323. The molecule has 3 nitrogen and oxygen atoms in total. The highest BCUT2D eigenvalue weighted by Crippen LogP contribution is 2.43. The molecule has 0 saturated carbocycles. The smallest absolute Gasteiger partial charge is 0.335 e. The van der Waals surface area contributed by atoms with Crippen molar-refractivity contribution in [1.29, 1.82) is 0 Å². The summed E-state index contributed by atoms with van der Waals surface area (Å²) in [4.78, 5) is 14.1. The number of fused-ring (bicyclic) bond motifs is 2. The van der Waals surface area contributed by atoms with Crippen LogP contribution in [0.4, 0.5) is 8.78 Å². The van der Waals surface area contributed by atoms with Gasteiger partial charge >= 0.3 is 5.97 Å². The third-order valence-electron chi connectivity index (χ3n) is 8.76. The number of likely N-dealkylation sites (tertiary alicyclic amines) is 1. The van der Waals surface area contributed by atoms with Gasteiger partial charge in [0.25, 0.3) is 0 Å². The number of aryl methyl sites for hydroxylation is 1. The molecule has 210 valence electrons. The first-order chi connectivity index (χ1) is 19.0. The number of carboxylic acids is 1. The molecule has 6 rings (SSSR count). The number of nitrogens with zero attached hydrogens (tertiary/aromatic N) is 1. The molecule has 0 amide bonds. The average molecular weight is 564 g/mol. The number of alkyl halides is 1. The minimum atomic E-state index is -0.909. The molecule has 3 aromatic rings. The van der Waals surface area contributed by atoms with Gasteiger partial charge in [-0.25, -0.2) is 9.18 Å². The largest absolute Gasteiger partial charge is 0.478 e. The minimum Gasteiger partial charge on any atom is -0.478 e. The van der Waals surface area contributed by atoms with Gasteiger partial charge in [-0.1, -0.05) is 36.4 Å². The van der Waals surface area contributed by atoms with Crippen molar-refractivity contribution in [2.24, 2.45) is 5.92 Å². The Morgan fingerprint density at radius 2 is 1.62 bits per heavy atom. The maximum Gasteiger partial charge on any atom is 0.335 e. The van der Waals surface area contributed by atoms with Crippen molar-refractivity contribution in [3.8, 4) is 0 Å². The second-order valence-corrected chi connectivity index (χ2v) is 11.4. The van der Waals surface area contributed by atoms with E-state index in [-0.39, 0.29) is 24.9 Å². The van der Waals surface area contributed by atoms with E-state index >= 15 is 0 Å². The number of benzene rings is 3. The third kappa shape index (κ3) is 5.59. The summed E-state index contributed by atoms with van der Waals surface area (Å²) < 4.78 is 27.1. The van der Waals surface area contributed by atoms with E-state index < -0.39 is 5.97 Å². The molecule has 3 aromatic carbocycles. The van der Waals surface area contributed by atoms with Gasteiger partial charge in [-0.3, -0.25) is 4.39 Å². The SMILES string of the molecule is Cl.O=C(O)c1ccc2c(c1)CCCC(c1ccc(F)c3c1CCC3)=C2c1ccc(CC2CN(CCCF)C2)cc1. The molecular weight excluding hydrogens is 528 g/mol. The highest BCUT2D eigenvalue weighted by Gasteiger charge is 2.28. The number of aromatic carboxylic acids is 1. The zero-order chi connectivity index (χ0) is 26.9. The summed E-state index contributed by atoms with van der Waals surface area (Å²) in [6.07, 6.45) is 6.89. The fourth-order valence-corrected chi connectivity index (χ4v) is 6.88. The van der Waals surface area contributed by atoms with Crippen molar-refractivity contribution in [3.05, 3.63) is 105 Å². The molecule has 40 heavy (non-hydrogen) atoms. The number of carboxylic acid groups (broad SMARTS) is 1. The molecule has 1 saturated heterocycles. The van der Waals surface area contributed by atoms with E-state index in [0.717, 1.165) is 104 Å². The zero-order valence-corrected chi connectivity index (χ0v) is 23.5. The molecule has 0 bridgehead atoms. The zero-order valence-electron chi connectivity index (χ0n) is 22.7. The van der Waals surface area contributed by atoms with E-state index in [1.54, 1.807) is 12.1 Å². The van der Waals surface area contributed by atoms with Gasteiger partial charge in [0.15, 0.2) is 0 Å². The molecule has 1 heterocycles. The van der Waals surface area contributed by atoms with E-state index in [4.69, 9.17) is 0 Å². The minimum absolute atomic E-state index is 0.